The first-order valence-corrected chi connectivity index (χ1v) is 6.43. The van der Waals surface area contributed by atoms with Gasteiger partial charge in [0.1, 0.15) is 5.82 Å². The van der Waals surface area contributed by atoms with E-state index >= 15 is 0 Å². The zero-order valence-electron chi connectivity index (χ0n) is 10.8. The number of nitrogens with one attached hydrogen (secondary N) is 1. The number of benzene rings is 1. The van der Waals surface area contributed by atoms with Gasteiger partial charge in [0, 0.05) is 16.6 Å². The lowest BCUT2D eigenvalue weighted by Gasteiger charge is -2.07. The number of hydrogen-bond donors (Lipinski definition) is 1. The molecule has 0 bridgehead atoms. The molecule has 1 aromatic heterocycles. The minimum Gasteiger partial charge on any atom is -0.358 e. The Hall–Kier alpha value is -1.31. The number of rotatable bonds is 4. The first kappa shape index (κ1) is 12.2. The van der Waals surface area contributed by atoms with E-state index in [1.807, 2.05) is 6.07 Å². The van der Waals surface area contributed by atoms with Gasteiger partial charge in [-0.2, -0.15) is 0 Å². The lowest BCUT2D eigenvalue weighted by molar-refractivity contribution is 0.629. The van der Waals surface area contributed by atoms with Crippen LogP contribution < -0.4 is 0 Å². The lowest BCUT2D eigenvalue weighted by Crippen LogP contribution is -1.94. The highest BCUT2D eigenvalue weighted by atomic mass is 19.1. The zero-order valence-corrected chi connectivity index (χ0v) is 10.8. The molecule has 17 heavy (non-hydrogen) atoms. The number of fused-ring (bicyclic) bond motifs is 1. The minimum atomic E-state index is -0.152. The largest absolute Gasteiger partial charge is 0.358 e. The quantitative estimate of drug-likeness (QED) is 0.782. The molecule has 0 saturated carbocycles. The minimum absolute atomic E-state index is 0.152. The highest BCUT2D eigenvalue weighted by molar-refractivity contribution is 5.85. The summed E-state index contributed by atoms with van der Waals surface area (Å²) in [5, 5.41) is 1.05. The van der Waals surface area contributed by atoms with Crippen molar-refractivity contribution in [3.63, 3.8) is 0 Å². The molecular weight excluding hydrogens is 213 g/mol. The van der Waals surface area contributed by atoms with Crippen molar-refractivity contribution < 1.29 is 4.39 Å². The SMILES string of the molecule is CCCCc1[nH]c2ccc(F)cc2c1C(C)C. The van der Waals surface area contributed by atoms with Crippen molar-refractivity contribution >= 4 is 10.9 Å². The summed E-state index contributed by atoms with van der Waals surface area (Å²) in [4.78, 5) is 3.44. The van der Waals surface area contributed by atoms with Crippen LogP contribution in [0.25, 0.3) is 10.9 Å². The molecule has 0 radical (unpaired) electrons. The van der Waals surface area contributed by atoms with E-state index in [1.165, 1.54) is 30.2 Å². The van der Waals surface area contributed by atoms with Gasteiger partial charge >= 0.3 is 0 Å². The summed E-state index contributed by atoms with van der Waals surface area (Å²) in [5.74, 6) is 0.276. The molecular formula is C15H20FN. The molecule has 92 valence electrons. The van der Waals surface area contributed by atoms with Crippen LogP contribution in [0.15, 0.2) is 18.2 Å². The van der Waals surface area contributed by atoms with Crippen LogP contribution in [0.4, 0.5) is 4.39 Å². The van der Waals surface area contributed by atoms with Crippen LogP contribution >= 0.6 is 0 Å². The summed E-state index contributed by atoms with van der Waals surface area (Å²) in [5.41, 5.74) is 3.62. The number of hydrogen-bond acceptors (Lipinski definition) is 0. The molecule has 0 aliphatic heterocycles. The second-order valence-corrected chi connectivity index (χ2v) is 4.97. The molecule has 0 aliphatic carbocycles. The number of unbranched alkanes of at least 4 members (excludes halogenated alkanes) is 1. The highest BCUT2D eigenvalue weighted by Crippen LogP contribution is 2.30. The summed E-state index contributed by atoms with van der Waals surface area (Å²) < 4.78 is 13.3. The summed E-state index contributed by atoms with van der Waals surface area (Å²) in [6.45, 7) is 6.53. The van der Waals surface area contributed by atoms with Gasteiger partial charge in [0.15, 0.2) is 0 Å². The van der Waals surface area contributed by atoms with E-state index in [0.717, 1.165) is 17.3 Å². The van der Waals surface area contributed by atoms with E-state index in [9.17, 15) is 4.39 Å². The average molecular weight is 233 g/mol. The molecule has 1 aromatic carbocycles. The molecule has 0 aliphatic rings. The fourth-order valence-electron chi connectivity index (χ4n) is 2.45. The maximum absolute atomic E-state index is 13.3. The normalized spacial score (nSPS) is 11.6. The van der Waals surface area contributed by atoms with Crippen LogP contribution in [0.1, 0.15) is 50.8 Å². The van der Waals surface area contributed by atoms with Crippen LogP contribution in [-0.4, -0.2) is 4.98 Å². The van der Waals surface area contributed by atoms with Gasteiger partial charge in [-0.1, -0.05) is 27.2 Å². The molecule has 0 fully saturated rings. The third-order valence-electron chi connectivity index (χ3n) is 3.24. The Morgan fingerprint density at radius 2 is 2.06 bits per heavy atom. The van der Waals surface area contributed by atoms with E-state index in [1.54, 1.807) is 6.07 Å². The van der Waals surface area contributed by atoms with Gasteiger partial charge in [-0.25, -0.2) is 4.39 Å². The maximum Gasteiger partial charge on any atom is 0.123 e. The lowest BCUT2D eigenvalue weighted by atomic mass is 9.97. The Morgan fingerprint density at radius 3 is 2.71 bits per heavy atom. The number of halogens is 1. The van der Waals surface area contributed by atoms with E-state index in [0.29, 0.717) is 5.92 Å². The van der Waals surface area contributed by atoms with Crippen molar-refractivity contribution in [3.8, 4) is 0 Å². The number of aryl methyl sites for hydroxylation is 1. The van der Waals surface area contributed by atoms with Crippen LogP contribution in [0.2, 0.25) is 0 Å². The molecule has 0 saturated heterocycles. The van der Waals surface area contributed by atoms with E-state index in [-0.39, 0.29) is 5.82 Å². The molecule has 2 rings (SSSR count). The Kier molecular flexibility index (Phi) is 3.51. The van der Waals surface area contributed by atoms with Crippen molar-refractivity contribution in [2.45, 2.75) is 46.0 Å². The monoisotopic (exact) mass is 233 g/mol. The molecule has 0 spiro atoms. The smallest absolute Gasteiger partial charge is 0.123 e. The molecule has 0 amide bonds. The molecule has 0 atom stereocenters. The van der Waals surface area contributed by atoms with Crippen molar-refractivity contribution in [3.05, 3.63) is 35.3 Å². The van der Waals surface area contributed by atoms with E-state index in [2.05, 4.69) is 25.8 Å². The summed E-state index contributed by atoms with van der Waals surface area (Å²) in [6.07, 6.45) is 3.41. The number of H-pyrrole nitrogens is 1. The summed E-state index contributed by atoms with van der Waals surface area (Å²) in [6, 6.07) is 5.01. The van der Waals surface area contributed by atoms with Crippen LogP contribution in [0.5, 0.6) is 0 Å². The highest BCUT2D eigenvalue weighted by Gasteiger charge is 2.14. The Labute approximate surface area is 102 Å². The molecule has 1 nitrogen and oxygen atoms in total. The molecule has 0 unspecified atom stereocenters. The van der Waals surface area contributed by atoms with E-state index < -0.39 is 0 Å². The van der Waals surface area contributed by atoms with Gasteiger partial charge in [-0.3, -0.25) is 0 Å². The molecule has 2 heteroatoms. The fraction of sp³-hybridized carbons (Fsp3) is 0.467. The van der Waals surface area contributed by atoms with Crippen molar-refractivity contribution in [1.82, 2.24) is 4.98 Å². The topological polar surface area (TPSA) is 15.8 Å². The van der Waals surface area contributed by atoms with Crippen molar-refractivity contribution in [2.24, 2.45) is 0 Å². The van der Waals surface area contributed by atoms with Crippen LogP contribution in [0, 0.1) is 5.82 Å². The van der Waals surface area contributed by atoms with Gasteiger partial charge in [0.2, 0.25) is 0 Å². The summed E-state index contributed by atoms with van der Waals surface area (Å²) in [7, 11) is 0. The molecule has 1 heterocycles. The number of aromatic nitrogens is 1. The number of aromatic amines is 1. The van der Waals surface area contributed by atoms with Crippen LogP contribution in [0.3, 0.4) is 0 Å². The zero-order chi connectivity index (χ0) is 12.4. The third-order valence-corrected chi connectivity index (χ3v) is 3.24. The van der Waals surface area contributed by atoms with Gasteiger partial charge < -0.3 is 4.98 Å². The molecule has 1 N–H and O–H groups in total. The predicted octanol–water partition coefficient (Wildman–Crippen LogP) is 4.77. The van der Waals surface area contributed by atoms with Gasteiger partial charge in [-0.15, -0.1) is 0 Å². The first-order chi connectivity index (χ1) is 8.13. The second-order valence-electron chi connectivity index (χ2n) is 4.97. The maximum atomic E-state index is 13.3. The van der Waals surface area contributed by atoms with Crippen molar-refractivity contribution in [2.75, 3.05) is 0 Å². The van der Waals surface area contributed by atoms with Crippen molar-refractivity contribution in [1.29, 1.82) is 0 Å². The second kappa shape index (κ2) is 4.91. The standard InChI is InChI=1S/C15H20FN/c1-4-5-6-14-15(10(2)3)12-9-11(16)7-8-13(12)17-14/h7-10,17H,4-6H2,1-3H3. The summed E-state index contributed by atoms with van der Waals surface area (Å²) >= 11 is 0. The third kappa shape index (κ3) is 2.36. The molecule has 2 aromatic rings. The van der Waals surface area contributed by atoms with Gasteiger partial charge in [0.25, 0.3) is 0 Å². The van der Waals surface area contributed by atoms with Gasteiger partial charge in [0.05, 0.1) is 0 Å². The Bertz CT molecular complexity index is 511. The first-order valence-electron chi connectivity index (χ1n) is 6.43. The van der Waals surface area contributed by atoms with Gasteiger partial charge in [-0.05, 0) is 42.5 Å². The van der Waals surface area contributed by atoms with Crippen LogP contribution in [-0.2, 0) is 6.42 Å². The van der Waals surface area contributed by atoms with E-state index in [4.69, 9.17) is 0 Å². The fourth-order valence-corrected chi connectivity index (χ4v) is 2.45. The predicted molar refractivity (Wildman–Crippen MR) is 71.0 cm³/mol. The average Bonchev–Trinajstić information content (AvgIpc) is 2.63. The Balaban J connectivity index is 2.54. The Morgan fingerprint density at radius 1 is 1.29 bits per heavy atom.